The van der Waals surface area contributed by atoms with Crippen molar-refractivity contribution >= 4 is 77.7 Å². The molecule has 63 heavy (non-hydrogen) atoms. The first-order chi connectivity index (χ1) is 29.9. The molecule has 3 heterocycles. The average molecular weight is 839 g/mol. The van der Waals surface area contributed by atoms with Crippen LogP contribution in [-0.2, 0) is 21.7 Å². The number of hydrogen-bond acceptors (Lipinski definition) is 3. The molecule has 314 valence electrons. The number of hydrogen-bond donors (Lipinski definition) is 0. The van der Waals surface area contributed by atoms with E-state index in [1.54, 1.807) is 0 Å². The molecule has 0 spiro atoms. The van der Waals surface area contributed by atoms with Crippen LogP contribution in [-0.4, -0.2) is 6.85 Å². The van der Waals surface area contributed by atoms with Gasteiger partial charge in [0, 0.05) is 43.7 Å². The molecule has 0 N–H and O–H groups in total. The van der Waals surface area contributed by atoms with E-state index in [0.717, 1.165) is 0 Å². The molecule has 0 fully saturated rings. The molecular formula is C59H59BN2S. The van der Waals surface area contributed by atoms with Crippen molar-refractivity contribution in [2.75, 3.05) is 9.71 Å². The third-order valence-electron chi connectivity index (χ3n) is 14.9. The Morgan fingerprint density at radius 1 is 0.556 bits per heavy atom. The van der Waals surface area contributed by atoms with Gasteiger partial charge in [-0.25, -0.2) is 0 Å². The van der Waals surface area contributed by atoms with Crippen molar-refractivity contribution in [3.8, 4) is 22.3 Å². The van der Waals surface area contributed by atoms with Gasteiger partial charge in [-0.2, -0.15) is 0 Å². The molecule has 3 aliphatic rings. The van der Waals surface area contributed by atoms with Gasteiger partial charge >= 0.3 is 6.85 Å². The first-order valence-electron chi connectivity index (χ1n) is 23.1. The lowest BCUT2D eigenvalue weighted by Crippen LogP contribution is -2.61. The second-order valence-electron chi connectivity index (χ2n) is 22.2. The number of benzene rings is 7. The maximum Gasteiger partial charge on any atom is 0.333 e. The highest BCUT2D eigenvalue weighted by Crippen LogP contribution is 2.55. The number of aryl methyl sites for hydroxylation is 1. The maximum atomic E-state index is 2.73. The molecule has 0 saturated heterocycles. The Morgan fingerprint density at radius 2 is 1.21 bits per heavy atom. The minimum Gasteiger partial charge on any atom is -0.376 e. The normalized spacial score (nSPS) is 16.2. The summed E-state index contributed by atoms with van der Waals surface area (Å²) in [5, 5.41) is 2.64. The largest absolute Gasteiger partial charge is 0.376 e. The molecule has 0 saturated carbocycles. The zero-order valence-corrected chi connectivity index (χ0v) is 39.8. The van der Waals surface area contributed by atoms with Gasteiger partial charge in [0.2, 0.25) is 0 Å². The van der Waals surface area contributed by atoms with Gasteiger partial charge in [-0.05, 0) is 140 Å². The van der Waals surface area contributed by atoms with Gasteiger partial charge in [-0.15, -0.1) is 11.3 Å². The Labute approximate surface area is 379 Å². The van der Waals surface area contributed by atoms with E-state index < -0.39 is 0 Å². The van der Waals surface area contributed by atoms with Gasteiger partial charge in [0.05, 0.1) is 16.1 Å². The second kappa shape index (κ2) is 13.7. The van der Waals surface area contributed by atoms with Crippen molar-refractivity contribution in [2.24, 2.45) is 0 Å². The van der Waals surface area contributed by atoms with Gasteiger partial charge in [-0.3, -0.25) is 0 Å². The van der Waals surface area contributed by atoms with Crippen LogP contribution in [0.4, 0.5) is 28.4 Å². The highest BCUT2D eigenvalue weighted by atomic mass is 32.1. The van der Waals surface area contributed by atoms with Crippen LogP contribution in [0.25, 0.3) is 42.4 Å². The predicted octanol–water partition coefficient (Wildman–Crippen LogP) is 15.7. The number of anilines is 5. The monoisotopic (exact) mass is 838 g/mol. The van der Waals surface area contributed by atoms with Crippen LogP contribution in [0.5, 0.6) is 0 Å². The van der Waals surface area contributed by atoms with Crippen molar-refractivity contribution in [3.05, 3.63) is 161 Å². The van der Waals surface area contributed by atoms with Gasteiger partial charge in [-0.1, -0.05) is 154 Å². The minimum atomic E-state index is -0.0590. The third kappa shape index (κ3) is 6.18. The summed E-state index contributed by atoms with van der Waals surface area (Å²) in [7, 11) is 0. The lowest BCUT2D eigenvalue weighted by Gasteiger charge is -2.48. The van der Waals surface area contributed by atoms with Crippen LogP contribution in [0.15, 0.2) is 133 Å². The molecule has 2 nitrogen and oxygen atoms in total. The van der Waals surface area contributed by atoms with Gasteiger partial charge < -0.3 is 9.71 Å². The van der Waals surface area contributed by atoms with Gasteiger partial charge in [0.1, 0.15) is 0 Å². The summed E-state index contributed by atoms with van der Waals surface area (Å²) in [6.45, 7) is 26.1. The molecule has 1 aromatic heterocycles. The van der Waals surface area contributed by atoms with Crippen LogP contribution in [0.1, 0.15) is 110 Å². The minimum absolute atomic E-state index is 0.0115. The van der Waals surface area contributed by atoms with Crippen LogP contribution < -0.4 is 20.6 Å². The fourth-order valence-corrected chi connectivity index (χ4v) is 12.4. The molecule has 0 amide bonds. The van der Waals surface area contributed by atoms with Crippen molar-refractivity contribution in [2.45, 2.75) is 111 Å². The Kier molecular flexibility index (Phi) is 8.75. The molecule has 0 atom stereocenters. The summed E-state index contributed by atoms with van der Waals surface area (Å²) in [6, 6.07) is 52.1. The molecular weight excluding hydrogens is 780 g/mol. The Bertz CT molecular complexity index is 3160. The first kappa shape index (κ1) is 40.2. The Morgan fingerprint density at radius 3 is 1.90 bits per heavy atom. The first-order valence-corrected chi connectivity index (χ1v) is 23.9. The molecule has 0 unspecified atom stereocenters. The molecule has 1 aliphatic carbocycles. The lowest BCUT2D eigenvalue weighted by molar-refractivity contribution is 0.332. The molecule has 2 aliphatic heterocycles. The topological polar surface area (TPSA) is 6.48 Å². The lowest BCUT2D eigenvalue weighted by atomic mass is 9.43. The summed E-state index contributed by atoms with van der Waals surface area (Å²) >= 11 is 1.94. The highest BCUT2D eigenvalue weighted by molar-refractivity contribution is 7.26. The summed E-state index contributed by atoms with van der Waals surface area (Å²) in [5.74, 6) is 0. The third-order valence-corrected chi connectivity index (χ3v) is 16.1. The molecule has 7 aromatic carbocycles. The fraction of sp³-hybridized carbons (Fsp3) is 0.288. The molecule has 0 radical (unpaired) electrons. The van der Waals surface area contributed by atoms with Crippen LogP contribution in [0.2, 0.25) is 0 Å². The van der Waals surface area contributed by atoms with E-state index in [1.807, 2.05) is 11.3 Å². The Balaban J connectivity index is 1.30. The van der Waals surface area contributed by atoms with E-state index in [4.69, 9.17) is 0 Å². The number of fused-ring (bicyclic) bond motifs is 9. The van der Waals surface area contributed by atoms with Gasteiger partial charge in [0.15, 0.2) is 0 Å². The zero-order chi connectivity index (χ0) is 44.0. The quantitative estimate of drug-likeness (QED) is 0.164. The van der Waals surface area contributed by atoms with Crippen molar-refractivity contribution in [1.29, 1.82) is 0 Å². The maximum absolute atomic E-state index is 2.73. The predicted molar refractivity (Wildman–Crippen MR) is 276 cm³/mol. The van der Waals surface area contributed by atoms with E-state index in [0.29, 0.717) is 0 Å². The summed E-state index contributed by atoms with van der Waals surface area (Å²) in [4.78, 5) is 5.42. The van der Waals surface area contributed by atoms with E-state index in [-0.39, 0.29) is 28.5 Å². The smallest absolute Gasteiger partial charge is 0.333 e. The molecule has 4 heteroatoms. The fourth-order valence-electron chi connectivity index (χ4n) is 11.1. The standard InChI is InChI=1S/C59H59BN2S/c1-36-31-45-44-34-46-47(59(10,11)30-29-58(46,8)9)35-50(44)62(40-24-21-38(22-25-40)56(2,3)4)60-48-27-26-42-41-19-15-16-20-52(41)63-55(42)54(48)61(51(32-36)53(45)60)49-28-23-39(57(5,6)7)33-43(49)37-17-13-12-14-18-37/h12-28,31-35H,29-30H2,1-11H3. The molecule has 11 rings (SSSR count). The number of nitrogens with zero attached hydrogens (tertiary/aromatic N) is 2. The number of thiophene rings is 1. The summed E-state index contributed by atoms with van der Waals surface area (Å²) in [6.07, 6.45) is 2.35. The van der Waals surface area contributed by atoms with Crippen molar-refractivity contribution in [1.82, 2.24) is 0 Å². The van der Waals surface area contributed by atoms with Crippen LogP contribution in [0, 0.1) is 6.92 Å². The van der Waals surface area contributed by atoms with Gasteiger partial charge in [0.25, 0.3) is 0 Å². The van der Waals surface area contributed by atoms with E-state index in [9.17, 15) is 0 Å². The van der Waals surface area contributed by atoms with E-state index in [2.05, 4.69) is 219 Å². The zero-order valence-electron chi connectivity index (χ0n) is 39.0. The van der Waals surface area contributed by atoms with Crippen LogP contribution in [0.3, 0.4) is 0 Å². The van der Waals surface area contributed by atoms with Crippen LogP contribution >= 0.6 is 11.3 Å². The van der Waals surface area contributed by atoms with E-state index >= 15 is 0 Å². The molecule has 0 bridgehead atoms. The highest BCUT2D eigenvalue weighted by Gasteiger charge is 2.48. The van der Waals surface area contributed by atoms with E-state index in [1.165, 1.54) is 122 Å². The second-order valence-corrected chi connectivity index (χ2v) is 23.2. The summed E-state index contributed by atoms with van der Waals surface area (Å²) in [5.41, 5.74) is 21.4. The average Bonchev–Trinajstić information content (AvgIpc) is 3.64. The summed E-state index contributed by atoms with van der Waals surface area (Å²) < 4.78 is 2.66. The SMILES string of the molecule is Cc1cc2c3c(c1)N(c1ccc(C(C)(C)C)cc1-c1ccccc1)c1c(ccc4c1sc1ccccc14)B3N(c1ccc(C(C)(C)C)cc1)c1cc3c(cc1-2)C(C)(C)CCC3(C)C. The van der Waals surface area contributed by atoms with Crippen molar-refractivity contribution < 1.29 is 0 Å². The van der Waals surface area contributed by atoms with Crippen molar-refractivity contribution in [3.63, 3.8) is 0 Å². The molecule has 8 aromatic rings. The Hall–Kier alpha value is -5.58. The number of rotatable bonds is 3.